The average Bonchev–Trinajstić information content (AvgIpc) is 2.45. The lowest BCUT2D eigenvalue weighted by Gasteiger charge is -2.32. The summed E-state index contributed by atoms with van der Waals surface area (Å²) < 4.78 is 0. The third-order valence-electron chi connectivity index (χ3n) is 3.99. The van der Waals surface area contributed by atoms with E-state index in [4.69, 9.17) is 0 Å². The minimum absolute atomic E-state index is 0.0377. The lowest BCUT2D eigenvalue weighted by molar-refractivity contribution is -0.408. The predicted octanol–water partition coefficient (Wildman–Crippen LogP) is -1.86. The van der Waals surface area contributed by atoms with Crippen LogP contribution in [0, 0.1) is 11.8 Å². The summed E-state index contributed by atoms with van der Waals surface area (Å²) in [6, 6.07) is -1.24. The van der Waals surface area contributed by atoms with E-state index in [-0.39, 0.29) is 23.8 Å². The highest BCUT2D eigenvalue weighted by molar-refractivity contribution is 5.84. The molecule has 22 heavy (non-hydrogen) atoms. The minimum Gasteiger partial charge on any atom is -0.548 e. The van der Waals surface area contributed by atoms with Crippen molar-refractivity contribution in [2.45, 2.75) is 52.1 Å². The van der Waals surface area contributed by atoms with Crippen molar-refractivity contribution in [3.8, 4) is 0 Å². The van der Waals surface area contributed by atoms with Crippen LogP contribution in [0.1, 0.15) is 40.0 Å². The minimum atomic E-state index is -1.30. The molecule has 0 aromatic rings. The maximum Gasteiger partial charge on any atom is 0.280 e. The number of carbonyl (C=O) groups is 3. The number of piperidine rings is 1. The Bertz CT molecular complexity index is 417. The summed E-state index contributed by atoms with van der Waals surface area (Å²) in [4.78, 5) is 36.6. The molecule has 7 nitrogen and oxygen atoms in total. The van der Waals surface area contributed by atoms with Gasteiger partial charge in [-0.2, -0.15) is 0 Å². The Labute approximate surface area is 131 Å². The van der Waals surface area contributed by atoms with Crippen LogP contribution >= 0.6 is 0 Å². The normalized spacial score (nSPS) is 18.9. The molecule has 0 bridgehead atoms. The van der Waals surface area contributed by atoms with Gasteiger partial charge in [-0.15, -0.1) is 0 Å². The summed E-state index contributed by atoms with van der Waals surface area (Å²) in [6.07, 6.45) is 1.85. The highest BCUT2D eigenvalue weighted by atomic mass is 16.4. The molecule has 1 aliphatic heterocycles. The third-order valence-corrected chi connectivity index (χ3v) is 3.99. The molecule has 0 aliphatic carbocycles. The molecule has 0 unspecified atom stereocenters. The van der Waals surface area contributed by atoms with Gasteiger partial charge in [0.1, 0.15) is 0 Å². The van der Waals surface area contributed by atoms with Crippen molar-refractivity contribution in [2.24, 2.45) is 11.8 Å². The second-order valence-corrected chi connectivity index (χ2v) is 6.48. The Morgan fingerprint density at radius 1 is 1.23 bits per heavy atom. The Morgan fingerprint density at radius 3 is 2.23 bits per heavy atom. The van der Waals surface area contributed by atoms with Gasteiger partial charge in [0.15, 0.2) is 6.04 Å². The number of hydrogen-bond acceptors (Lipinski definition) is 4. The zero-order valence-electron chi connectivity index (χ0n) is 13.6. The fourth-order valence-electron chi connectivity index (χ4n) is 2.68. The summed E-state index contributed by atoms with van der Waals surface area (Å²) in [5.74, 6) is -1.37. The molecule has 0 aromatic heterocycles. The van der Waals surface area contributed by atoms with Gasteiger partial charge in [-0.1, -0.05) is 13.8 Å². The van der Waals surface area contributed by atoms with E-state index in [9.17, 15) is 19.5 Å². The standard InChI is InChI=1S/C15H27N3O4/c1-9(2)8-12(16)14(20)18-6-4-11(5-7-18)13(19)17-10(3)15(21)22/h9-12H,4-8,16H2,1-3H3,(H,17,19)(H,21,22)/t10-,12-/m0/s1. The van der Waals surface area contributed by atoms with Gasteiger partial charge in [-0.05, 0) is 25.7 Å². The molecule has 2 atom stereocenters. The number of quaternary nitrogens is 1. The predicted molar refractivity (Wildman–Crippen MR) is 78.0 cm³/mol. The number of carboxylic acid groups (broad SMARTS) is 1. The molecular formula is C15H27N3O4. The zero-order chi connectivity index (χ0) is 16.9. The number of carbonyl (C=O) groups excluding carboxylic acids is 3. The van der Waals surface area contributed by atoms with E-state index >= 15 is 0 Å². The number of likely N-dealkylation sites (tertiary alicyclic amines) is 1. The maximum absolute atomic E-state index is 12.3. The molecule has 1 rings (SSSR count). The first-order valence-corrected chi connectivity index (χ1v) is 7.85. The van der Waals surface area contributed by atoms with Crippen LogP contribution in [-0.4, -0.2) is 47.9 Å². The quantitative estimate of drug-likeness (QED) is 0.597. The van der Waals surface area contributed by atoms with Crippen LogP contribution in [-0.2, 0) is 14.4 Å². The van der Waals surface area contributed by atoms with Gasteiger partial charge in [0.25, 0.3) is 5.91 Å². The molecule has 0 radical (unpaired) electrons. The Morgan fingerprint density at radius 2 is 1.77 bits per heavy atom. The smallest absolute Gasteiger partial charge is 0.280 e. The van der Waals surface area contributed by atoms with E-state index in [1.807, 2.05) is 0 Å². The van der Waals surface area contributed by atoms with Crippen molar-refractivity contribution >= 4 is 17.8 Å². The highest BCUT2D eigenvalue weighted by Gasteiger charge is 2.31. The van der Waals surface area contributed by atoms with Crippen LogP contribution in [0.4, 0.5) is 0 Å². The Balaban J connectivity index is 2.44. The van der Waals surface area contributed by atoms with Crippen LogP contribution in [0.3, 0.4) is 0 Å². The number of aliphatic carboxylic acids is 1. The van der Waals surface area contributed by atoms with Crippen LogP contribution in [0.5, 0.6) is 0 Å². The Hall–Kier alpha value is -1.63. The van der Waals surface area contributed by atoms with Gasteiger partial charge < -0.3 is 25.9 Å². The molecule has 1 fully saturated rings. The van der Waals surface area contributed by atoms with Gasteiger partial charge in [0, 0.05) is 25.4 Å². The van der Waals surface area contributed by atoms with Gasteiger partial charge >= 0.3 is 0 Å². The van der Waals surface area contributed by atoms with Gasteiger partial charge in [-0.3, -0.25) is 9.59 Å². The van der Waals surface area contributed by atoms with Crippen LogP contribution in [0.25, 0.3) is 0 Å². The van der Waals surface area contributed by atoms with Crippen LogP contribution < -0.4 is 16.2 Å². The molecule has 1 aliphatic rings. The molecule has 2 amide bonds. The summed E-state index contributed by atoms with van der Waals surface area (Å²) in [7, 11) is 0. The van der Waals surface area contributed by atoms with Crippen LogP contribution in [0.15, 0.2) is 0 Å². The summed E-state index contributed by atoms with van der Waals surface area (Å²) in [6.45, 7) is 6.52. The van der Waals surface area contributed by atoms with E-state index in [0.717, 1.165) is 6.42 Å². The second kappa shape index (κ2) is 8.12. The second-order valence-electron chi connectivity index (χ2n) is 6.48. The third kappa shape index (κ3) is 5.29. The first-order valence-electron chi connectivity index (χ1n) is 7.85. The first kappa shape index (κ1) is 18.4. The molecule has 126 valence electrons. The summed E-state index contributed by atoms with van der Waals surface area (Å²) in [5.41, 5.74) is 3.92. The molecule has 1 saturated heterocycles. The summed E-state index contributed by atoms with van der Waals surface area (Å²) >= 11 is 0. The molecule has 0 aromatic carbocycles. The number of rotatable bonds is 6. The van der Waals surface area contributed by atoms with Crippen LogP contribution in [0.2, 0.25) is 0 Å². The molecule has 4 N–H and O–H groups in total. The fourth-order valence-corrected chi connectivity index (χ4v) is 2.68. The van der Waals surface area contributed by atoms with E-state index in [0.29, 0.717) is 31.8 Å². The van der Waals surface area contributed by atoms with Gasteiger partial charge in [0.05, 0.1) is 12.0 Å². The van der Waals surface area contributed by atoms with E-state index in [1.54, 1.807) is 4.90 Å². The molecule has 7 heteroatoms. The molecule has 0 saturated carbocycles. The zero-order valence-corrected chi connectivity index (χ0v) is 13.6. The van der Waals surface area contributed by atoms with Crippen molar-refractivity contribution in [3.63, 3.8) is 0 Å². The largest absolute Gasteiger partial charge is 0.548 e. The topological polar surface area (TPSA) is 117 Å². The maximum atomic E-state index is 12.3. The SMILES string of the molecule is CC(C)C[C@H]([NH3+])C(=O)N1CCC(C(=O)N[C@@H](C)C(=O)[O-])CC1. The van der Waals surface area contributed by atoms with Crippen molar-refractivity contribution < 1.29 is 25.2 Å². The monoisotopic (exact) mass is 313 g/mol. The van der Waals surface area contributed by atoms with Crippen molar-refractivity contribution in [1.82, 2.24) is 10.2 Å². The Kier molecular flexibility index (Phi) is 6.80. The number of amides is 2. The lowest BCUT2D eigenvalue weighted by Crippen LogP contribution is -2.68. The van der Waals surface area contributed by atoms with E-state index in [1.165, 1.54) is 6.92 Å². The number of nitrogens with one attached hydrogen (secondary N) is 1. The van der Waals surface area contributed by atoms with Crippen molar-refractivity contribution in [3.05, 3.63) is 0 Å². The number of carboxylic acids is 1. The summed E-state index contributed by atoms with van der Waals surface area (Å²) in [5, 5.41) is 13.1. The van der Waals surface area contributed by atoms with Gasteiger partial charge in [0.2, 0.25) is 5.91 Å². The van der Waals surface area contributed by atoms with Crippen molar-refractivity contribution in [2.75, 3.05) is 13.1 Å². The van der Waals surface area contributed by atoms with E-state index in [2.05, 4.69) is 24.9 Å². The molecular weight excluding hydrogens is 286 g/mol. The first-order chi connectivity index (χ1) is 10.2. The average molecular weight is 313 g/mol. The fraction of sp³-hybridized carbons (Fsp3) is 0.800. The van der Waals surface area contributed by atoms with E-state index < -0.39 is 12.0 Å². The molecule has 0 spiro atoms. The lowest BCUT2D eigenvalue weighted by atomic mass is 9.94. The highest BCUT2D eigenvalue weighted by Crippen LogP contribution is 2.18. The number of hydrogen-bond donors (Lipinski definition) is 2. The molecule has 1 heterocycles. The number of nitrogens with zero attached hydrogens (tertiary/aromatic N) is 1. The van der Waals surface area contributed by atoms with Gasteiger partial charge in [-0.25, -0.2) is 0 Å². The van der Waals surface area contributed by atoms with Crippen molar-refractivity contribution in [1.29, 1.82) is 0 Å².